The van der Waals surface area contributed by atoms with Crippen molar-refractivity contribution in [3.8, 4) is 0 Å². The first-order valence-corrected chi connectivity index (χ1v) is 4.71. The van der Waals surface area contributed by atoms with Gasteiger partial charge in [-0.2, -0.15) is 0 Å². The van der Waals surface area contributed by atoms with E-state index in [-0.39, 0.29) is 5.78 Å². The quantitative estimate of drug-likeness (QED) is 0.706. The molecule has 0 heterocycles. The van der Waals surface area contributed by atoms with Gasteiger partial charge in [0.05, 0.1) is 12.0 Å². The van der Waals surface area contributed by atoms with Crippen molar-refractivity contribution in [2.45, 2.75) is 33.3 Å². The summed E-state index contributed by atoms with van der Waals surface area (Å²) in [6, 6.07) is 0. The molecule has 4 heteroatoms. The van der Waals surface area contributed by atoms with Crippen LogP contribution in [0.4, 0.5) is 0 Å². The summed E-state index contributed by atoms with van der Waals surface area (Å²) in [7, 11) is 1.47. The van der Waals surface area contributed by atoms with E-state index in [0.717, 1.165) is 0 Å². The lowest BCUT2D eigenvalue weighted by molar-refractivity contribution is -0.152. The number of aliphatic carboxylic acids is 1. The van der Waals surface area contributed by atoms with Crippen molar-refractivity contribution in [3.05, 3.63) is 0 Å². The highest BCUT2D eigenvalue weighted by Crippen LogP contribution is 2.21. The van der Waals surface area contributed by atoms with Crippen LogP contribution in [-0.4, -0.2) is 30.1 Å². The van der Waals surface area contributed by atoms with E-state index in [1.807, 2.05) is 6.92 Å². The Hall–Kier alpha value is -0.900. The third kappa shape index (κ3) is 3.10. The Morgan fingerprint density at radius 3 is 2.14 bits per heavy atom. The van der Waals surface area contributed by atoms with Gasteiger partial charge in [0.15, 0.2) is 0 Å². The van der Waals surface area contributed by atoms with Crippen molar-refractivity contribution in [1.82, 2.24) is 0 Å². The predicted octanol–water partition coefficient (Wildman–Crippen LogP) is 1.34. The van der Waals surface area contributed by atoms with Crippen LogP contribution in [0.2, 0.25) is 0 Å². The molecule has 0 fully saturated rings. The number of carbonyl (C=O) groups excluding carboxylic acids is 1. The average Bonchev–Trinajstić information content (AvgIpc) is 2.12. The van der Waals surface area contributed by atoms with E-state index in [9.17, 15) is 9.59 Å². The van der Waals surface area contributed by atoms with Gasteiger partial charge in [0.2, 0.25) is 0 Å². The second-order valence-electron chi connectivity index (χ2n) is 3.45. The van der Waals surface area contributed by atoms with E-state index < -0.39 is 23.9 Å². The molecular weight excluding hydrogens is 184 g/mol. The summed E-state index contributed by atoms with van der Waals surface area (Å²) in [5, 5.41) is 8.99. The minimum Gasteiger partial charge on any atom is -0.481 e. The molecule has 0 aromatic heterocycles. The van der Waals surface area contributed by atoms with E-state index in [2.05, 4.69) is 0 Å². The average molecular weight is 202 g/mol. The molecule has 0 spiro atoms. The van der Waals surface area contributed by atoms with Gasteiger partial charge in [-0.3, -0.25) is 9.59 Å². The fourth-order valence-corrected chi connectivity index (χ4v) is 1.51. The molecule has 0 aromatic carbocycles. The Balaban J connectivity index is 4.74. The number of Topliss-reactive ketones (excluding diaryl/α,β-unsaturated/α-hetero) is 1. The molecule has 0 radical (unpaired) electrons. The van der Waals surface area contributed by atoms with Crippen molar-refractivity contribution in [3.63, 3.8) is 0 Å². The maximum atomic E-state index is 11.1. The molecule has 82 valence electrons. The fourth-order valence-electron chi connectivity index (χ4n) is 1.51. The second kappa shape index (κ2) is 5.75. The van der Waals surface area contributed by atoms with Crippen LogP contribution in [0, 0.1) is 11.8 Å². The minimum absolute atomic E-state index is 0.118. The van der Waals surface area contributed by atoms with Gasteiger partial charge in [0.1, 0.15) is 5.78 Å². The van der Waals surface area contributed by atoms with Crippen LogP contribution < -0.4 is 0 Å². The van der Waals surface area contributed by atoms with E-state index >= 15 is 0 Å². The molecule has 0 aliphatic rings. The Morgan fingerprint density at radius 2 is 1.93 bits per heavy atom. The highest BCUT2D eigenvalue weighted by atomic mass is 16.5. The van der Waals surface area contributed by atoms with Gasteiger partial charge in [-0.15, -0.1) is 0 Å². The molecule has 0 saturated carbocycles. The van der Waals surface area contributed by atoms with E-state index in [4.69, 9.17) is 9.84 Å². The first-order valence-electron chi connectivity index (χ1n) is 4.71. The summed E-state index contributed by atoms with van der Waals surface area (Å²) < 4.78 is 5.06. The zero-order valence-corrected chi connectivity index (χ0v) is 9.11. The Kier molecular flexibility index (Phi) is 5.38. The van der Waals surface area contributed by atoms with Gasteiger partial charge < -0.3 is 9.84 Å². The van der Waals surface area contributed by atoms with Crippen LogP contribution in [0.1, 0.15) is 27.2 Å². The maximum absolute atomic E-state index is 11.1. The fraction of sp³-hybridized carbons (Fsp3) is 0.800. The summed E-state index contributed by atoms with van der Waals surface area (Å²) in [5.41, 5.74) is 0. The van der Waals surface area contributed by atoms with Gasteiger partial charge in [-0.1, -0.05) is 13.8 Å². The van der Waals surface area contributed by atoms with Crippen LogP contribution >= 0.6 is 0 Å². The molecule has 0 bridgehead atoms. The number of carbonyl (C=O) groups is 2. The normalized spacial score (nSPS) is 17.1. The Morgan fingerprint density at radius 1 is 1.43 bits per heavy atom. The second-order valence-corrected chi connectivity index (χ2v) is 3.45. The first kappa shape index (κ1) is 13.1. The first-order chi connectivity index (χ1) is 6.45. The summed E-state index contributed by atoms with van der Waals surface area (Å²) in [5.74, 6) is -2.34. The summed E-state index contributed by atoms with van der Waals surface area (Å²) >= 11 is 0. The Bertz CT molecular complexity index is 208. The number of hydrogen-bond acceptors (Lipinski definition) is 3. The number of methoxy groups -OCH3 is 1. The molecule has 0 aliphatic carbocycles. The number of rotatable bonds is 6. The lowest BCUT2D eigenvalue weighted by atomic mass is 9.85. The molecule has 1 N–H and O–H groups in total. The SMILES string of the molecule is CCC(OC)C(C(=O)O)C(C)C(C)=O. The molecule has 3 unspecified atom stereocenters. The molecule has 0 amide bonds. The van der Waals surface area contributed by atoms with Gasteiger partial charge in [0, 0.05) is 13.0 Å². The van der Waals surface area contributed by atoms with Gasteiger partial charge in [-0.05, 0) is 13.3 Å². The monoisotopic (exact) mass is 202 g/mol. The maximum Gasteiger partial charge on any atom is 0.309 e. The van der Waals surface area contributed by atoms with Crippen molar-refractivity contribution >= 4 is 11.8 Å². The van der Waals surface area contributed by atoms with Crippen LogP contribution in [0.15, 0.2) is 0 Å². The van der Waals surface area contributed by atoms with E-state index in [0.29, 0.717) is 6.42 Å². The smallest absolute Gasteiger partial charge is 0.309 e. The largest absolute Gasteiger partial charge is 0.481 e. The summed E-state index contributed by atoms with van der Waals surface area (Å²) in [6.07, 6.45) is 0.192. The van der Waals surface area contributed by atoms with Crippen LogP contribution in [0.25, 0.3) is 0 Å². The molecule has 3 atom stereocenters. The van der Waals surface area contributed by atoms with Gasteiger partial charge in [0.25, 0.3) is 0 Å². The zero-order valence-electron chi connectivity index (χ0n) is 9.11. The number of carboxylic acids is 1. The topological polar surface area (TPSA) is 63.6 Å². The highest BCUT2D eigenvalue weighted by Gasteiger charge is 2.34. The third-order valence-corrected chi connectivity index (χ3v) is 2.57. The van der Waals surface area contributed by atoms with Crippen LogP contribution in [-0.2, 0) is 14.3 Å². The van der Waals surface area contributed by atoms with Crippen molar-refractivity contribution in [2.24, 2.45) is 11.8 Å². The number of hydrogen-bond donors (Lipinski definition) is 1. The third-order valence-electron chi connectivity index (χ3n) is 2.57. The van der Waals surface area contributed by atoms with E-state index in [1.165, 1.54) is 14.0 Å². The molecule has 0 rings (SSSR count). The summed E-state index contributed by atoms with van der Waals surface area (Å²) in [6.45, 7) is 4.88. The standard InChI is InChI=1S/C10H18O4/c1-5-8(14-4)9(10(12)13)6(2)7(3)11/h6,8-9H,5H2,1-4H3,(H,12,13). The van der Waals surface area contributed by atoms with Crippen LogP contribution in [0.5, 0.6) is 0 Å². The number of ether oxygens (including phenoxy) is 1. The highest BCUT2D eigenvalue weighted by molar-refractivity contribution is 5.84. The minimum atomic E-state index is -0.971. The van der Waals surface area contributed by atoms with E-state index in [1.54, 1.807) is 6.92 Å². The number of ketones is 1. The van der Waals surface area contributed by atoms with Crippen molar-refractivity contribution in [1.29, 1.82) is 0 Å². The van der Waals surface area contributed by atoms with Gasteiger partial charge in [-0.25, -0.2) is 0 Å². The Labute approximate surface area is 84.3 Å². The molecule has 0 aromatic rings. The molecular formula is C10H18O4. The molecule has 14 heavy (non-hydrogen) atoms. The molecule has 4 nitrogen and oxygen atoms in total. The number of carboxylic acid groups (broad SMARTS) is 1. The van der Waals surface area contributed by atoms with Gasteiger partial charge >= 0.3 is 5.97 Å². The predicted molar refractivity (Wildman–Crippen MR) is 52.1 cm³/mol. The van der Waals surface area contributed by atoms with Crippen molar-refractivity contribution < 1.29 is 19.4 Å². The summed E-state index contributed by atoms with van der Waals surface area (Å²) in [4.78, 5) is 22.1. The molecule has 0 aliphatic heterocycles. The van der Waals surface area contributed by atoms with Crippen molar-refractivity contribution in [2.75, 3.05) is 7.11 Å². The zero-order chi connectivity index (χ0) is 11.3. The molecule has 0 saturated heterocycles. The lowest BCUT2D eigenvalue weighted by Crippen LogP contribution is -2.37. The lowest BCUT2D eigenvalue weighted by Gasteiger charge is -2.25. The van der Waals surface area contributed by atoms with Crippen LogP contribution in [0.3, 0.4) is 0 Å².